The molecular weight excluding hydrogens is 242 g/mol. The Bertz CT molecular complexity index is 306. The lowest BCUT2D eigenvalue weighted by molar-refractivity contribution is 0.324. The van der Waals surface area contributed by atoms with E-state index in [0.717, 1.165) is 5.75 Å². The molecule has 0 amide bonds. The Morgan fingerprint density at radius 2 is 2.12 bits per heavy atom. The largest absolute Gasteiger partial charge is 0.308 e. The Balaban J connectivity index is 2.37. The first-order valence-electron chi connectivity index (χ1n) is 5.82. The SMILES string of the molecule is CC(C)(CCS(C)(=O)=O)NC1CCCSC1. The van der Waals surface area contributed by atoms with Crippen LogP contribution < -0.4 is 5.32 Å². The lowest BCUT2D eigenvalue weighted by Gasteiger charge is -2.33. The summed E-state index contributed by atoms with van der Waals surface area (Å²) in [5, 5.41) is 3.58. The van der Waals surface area contributed by atoms with E-state index in [1.807, 2.05) is 11.8 Å². The van der Waals surface area contributed by atoms with Crippen molar-refractivity contribution in [2.75, 3.05) is 23.5 Å². The van der Waals surface area contributed by atoms with Crippen LogP contribution in [-0.2, 0) is 9.84 Å². The predicted molar refractivity (Wildman–Crippen MR) is 71.9 cm³/mol. The molecule has 1 N–H and O–H groups in total. The minimum Gasteiger partial charge on any atom is -0.308 e. The van der Waals surface area contributed by atoms with Gasteiger partial charge in [-0.2, -0.15) is 11.8 Å². The highest BCUT2D eigenvalue weighted by molar-refractivity contribution is 7.99. The Morgan fingerprint density at radius 3 is 2.62 bits per heavy atom. The molecule has 1 saturated heterocycles. The maximum absolute atomic E-state index is 11.1. The fraction of sp³-hybridized carbons (Fsp3) is 1.00. The summed E-state index contributed by atoms with van der Waals surface area (Å²) in [6.45, 7) is 4.19. The van der Waals surface area contributed by atoms with E-state index in [0.29, 0.717) is 12.5 Å². The molecule has 1 heterocycles. The van der Waals surface area contributed by atoms with Crippen LogP contribution in [0.3, 0.4) is 0 Å². The van der Waals surface area contributed by atoms with Crippen molar-refractivity contribution in [3.63, 3.8) is 0 Å². The van der Waals surface area contributed by atoms with E-state index in [9.17, 15) is 8.42 Å². The van der Waals surface area contributed by atoms with Crippen LogP contribution in [0.4, 0.5) is 0 Å². The highest BCUT2D eigenvalue weighted by Crippen LogP contribution is 2.20. The van der Waals surface area contributed by atoms with Crippen LogP contribution in [0.2, 0.25) is 0 Å². The standard InChI is InChI=1S/C11H23NO2S2/c1-11(2,6-8-16(3,13)14)12-10-5-4-7-15-9-10/h10,12H,4-9H2,1-3H3. The molecule has 1 rings (SSSR count). The van der Waals surface area contributed by atoms with Gasteiger partial charge in [-0.05, 0) is 38.9 Å². The van der Waals surface area contributed by atoms with Gasteiger partial charge < -0.3 is 5.32 Å². The summed E-state index contributed by atoms with van der Waals surface area (Å²) in [6, 6.07) is 0.549. The topological polar surface area (TPSA) is 46.2 Å². The van der Waals surface area contributed by atoms with Crippen molar-refractivity contribution in [3.05, 3.63) is 0 Å². The molecule has 0 saturated carbocycles. The smallest absolute Gasteiger partial charge is 0.147 e. The summed E-state index contributed by atoms with van der Waals surface area (Å²) in [6.07, 6.45) is 4.48. The zero-order valence-corrected chi connectivity index (χ0v) is 12.1. The van der Waals surface area contributed by atoms with Crippen molar-refractivity contribution in [1.82, 2.24) is 5.32 Å². The zero-order valence-electron chi connectivity index (χ0n) is 10.5. The summed E-state index contributed by atoms with van der Waals surface area (Å²) >= 11 is 1.99. The average molecular weight is 265 g/mol. The van der Waals surface area contributed by atoms with Crippen LogP contribution in [0.1, 0.15) is 33.1 Å². The van der Waals surface area contributed by atoms with Gasteiger partial charge in [-0.1, -0.05) is 0 Å². The molecule has 0 aromatic carbocycles. The number of sulfone groups is 1. The second kappa shape index (κ2) is 5.74. The lowest BCUT2D eigenvalue weighted by Crippen LogP contribution is -2.48. The molecule has 0 radical (unpaired) electrons. The number of nitrogens with one attached hydrogen (secondary N) is 1. The van der Waals surface area contributed by atoms with Crippen molar-refractivity contribution in [3.8, 4) is 0 Å². The first kappa shape index (κ1) is 14.3. The van der Waals surface area contributed by atoms with Gasteiger partial charge in [0.1, 0.15) is 9.84 Å². The number of hydrogen-bond donors (Lipinski definition) is 1. The van der Waals surface area contributed by atoms with E-state index in [2.05, 4.69) is 19.2 Å². The highest BCUT2D eigenvalue weighted by Gasteiger charge is 2.24. The Morgan fingerprint density at radius 1 is 1.44 bits per heavy atom. The molecule has 5 heteroatoms. The molecule has 96 valence electrons. The van der Waals surface area contributed by atoms with Crippen molar-refractivity contribution < 1.29 is 8.42 Å². The molecular formula is C11H23NO2S2. The summed E-state index contributed by atoms with van der Waals surface area (Å²) in [5.41, 5.74) is -0.0777. The second-order valence-corrected chi connectivity index (χ2v) is 8.73. The zero-order chi connectivity index (χ0) is 12.2. The van der Waals surface area contributed by atoms with E-state index in [4.69, 9.17) is 0 Å². The molecule has 0 bridgehead atoms. The van der Waals surface area contributed by atoms with Crippen molar-refractivity contribution in [2.24, 2.45) is 0 Å². The number of hydrogen-bond acceptors (Lipinski definition) is 4. The molecule has 3 nitrogen and oxygen atoms in total. The highest BCUT2D eigenvalue weighted by atomic mass is 32.2. The Hall–Kier alpha value is 0.260. The molecule has 1 fully saturated rings. The second-order valence-electron chi connectivity index (χ2n) is 5.32. The molecule has 1 aliphatic heterocycles. The van der Waals surface area contributed by atoms with Crippen LogP contribution in [0.5, 0.6) is 0 Å². The van der Waals surface area contributed by atoms with Gasteiger partial charge in [-0.15, -0.1) is 0 Å². The molecule has 0 aliphatic carbocycles. The van der Waals surface area contributed by atoms with Gasteiger partial charge in [0.05, 0.1) is 5.75 Å². The fourth-order valence-electron chi connectivity index (χ4n) is 1.92. The van der Waals surface area contributed by atoms with Crippen LogP contribution in [0.25, 0.3) is 0 Å². The Kier molecular flexibility index (Phi) is 5.13. The first-order valence-corrected chi connectivity index (χ1v) is 9.03. The quantitative estimate of drug-likeness (QED) is 0.821. The third-order valence-corrected chi connectivity index (χ3v) is 5.01. The molecule has 1 atom stereocenters. The molecule has 1 aliphatic rings. The molecule has 0 aromatic heterocycles. The van der Waals surface area contributed by atoms with Gasteiger partial charge in [-0.25, -0.2) is 8.42 Å². The summed E-state index contributed by atoms with van der Waals surface area (Å²) < 4.78 is 22.3. The van der Waals surface area contributed by atoms with E-state index >= 15 is 0 Å². The van der Waals surface area contributed by atoms with Gasteiger partial charge >= 0.3 is 0 Å². The van der Waals surface area contributed by atoms with Gasteiger partial charge in [0.2, 0.25) is 0 Å². The Labute approximate surface area is 104 Å². The summed E-state index contributed by atoms with van der Waals surface area (Å²) in [5.74, 6) is 2.69. The lowest BCUT2D eigenvalue weighted by atomic mass is 9.99. The maximum Gasteiger partial charge on any atom is 0.147 e. The maximum atomic E-state index is 11.1. The normalized spacial score (nSPS) is 23.3. The van der Waals surface area contributed by atoms with Gasteiger partial charge in [0.15, 0.2) is 0 Å². The molecule has 0 spiro atoms. The van der Waals surface area contributed by atoms with Crippen molar-refractivity contribution in [2.45, 2.75) is 44.7 Å². The minimum absolute atomic E-state index is 0.0777. The fourth-order valence-corrected chi connectivity index (χ4v) is 3.87. The van der Waals surface area contributed by atoms with Gasteiger partial charge in [-0.3, -0.25) is 0 Å². The monoisotopic (exact) mass is 265 g/mol. The minimum atomic E-state index is -2.84. The molecule has 0 aromatic rings. The third kappa shape index (κ3) is 6.11. The van der Waals surface area contributed by atoms with E-state index in [-0.39, 0.29) is 11.3 Å². The van der Waals surface area contributed by atoms with Gasteiger partial charge in [0, 0.05) is 23.6 Å². The van der Waals surface area contributed by atoms with Gasteiger partial charge in [0.25, 0.3) is 0 Å². The van der Waals surface area contributed by atoms with Crippen molar-refractivity contribution in [1.29, 1.82) is 0 Å². The van der Waals surface area contributed by atoms with Crippen LogP contribution >= 0.6 is 11.8 Å². The average Bonchev–Trinajstić information content (AvgIpc) is 2.15. The summed E-state index contributed by atoms with van der Waals surface area (Å²) in [4.78, 5) is 0. The van der Waals surface area contributed by atoms with E-state index < -0.39 is 9.84 Å². The number of rotatable bonds is 5. The van der Waals surface area contributed by atoms with E-state index in [1.165, 1.54) is 24.9 Å². The van der Waals surface area contributed by atoms with Crippen LogP contribution in [-0.4, -0.2) is 43.5 Å². The third-order valence-electron chi connectivity index (χ3n) is 2.85. The molecule has 16 heavy (non-hydrogen) atoms. The molecule has 1 unspecified atom stereocenters. The summed E-state index contributed by atoms with van der Waals surface area (Å²) in [7, 11) is -2.84. The van der Waals surface area contributed by atoms with Crippen LogP contribution in [0, 0.1) is 0 Å². The number of thioether (sulfide) groups is 1. The first-order chi connectivity index (χ1) is 7.29. The predicted octanol–water partition coefficient (Wildman–Crippen LogP) is 1.68. The van der Waals surface area contributed by atoms with E-state index in [1.54, 1.807) is 0 Å². The van der Waals surface area contributed by atoms with Crippen LogP contribution in [0.15, 0.2) is 0 Å². The van der Waals surface area contributed by atoms with Crippen molar-refractivity contribution >= 4 is 21.6 Å².